The number of nitrogens with one attached hydrogen (secondary N) is 3. The van der Waals surface area contributed by atoms with Gasteiger partial charge in [0.05, 0.1) is 12.9 Å². The van der Waals surface area contributed by atoms with Crippen molar-refractivity contribution in [2.24, 2.45) is 5.73 Å². The van der Waals surface area contributed by atoms with Gasteiger partial charge in [0.15, 0.2) is 11.5 Å². The van der Waals surface area contributed by atoms with E-state index in [9.17, 15) is 9.90 Å². The summed E-state index contributed by atoms with van der Waals surface area (Å²) in [6, 6.07) is 0. The van der Waals surface area contributed by atoms with E-state index in [-0.39, 0.29) is 12.4 Å². The standard InChI is InChI=1S/C21H37N9O4/c22-5-3-8-24-6-1-2-7-25-9-4-10-26-21(32)34-15-11-17(33-16(15)12-31)30-14-29-18-19(23)27-13-28-20(18)30/h13-17,24-25,31H,1-12,22H2,(H,26,32)(H2,23,27,28)/t15-,16+,17+/m0/s1. The highest BCUT2D eigenvalue weighted by Crippen LogP contribution is 2.32. The fourth-order valence-corrected chi connectivity index (χ4v) is 3.80. The van der Waals surface area contributed by atoms with Gasteiger partial charge in [-0.25, -0.2) is 19.7 Å². The molecule has 0 aliphatic carbocycles. The van der Waals surface area contributed by atoms with E-state index in [0.29, 0.717) is 24.1 Å². The number of rotatable bonds is 15. The maximum Gasteiger partial charge on any atom is 0.407 e. The number of alkyl carbamates (subject to hydrolysis) is 1. The van der Waals surface area contributed by atoms with Crippen molar-refractivity contribution in [3.05, 3.63) is 12.7 Å². The zero-order valence-corrected chi connectivity index (χ0v) is 19.5. The van der Waals surface area contributed by atoms with E-state index < -0.39 is 24.5 Å². The van der Waals surface area contributed by atoms with Gasteiger partial charge in [-0.3, -0.25) is 4.57 Å². The maximum atomic E-state index is 12.2. The summed E-state index contributed by atoms with van der Waals surface area (Å²) in [5, 5.41) is 19.2. The average molecular weight is 480 g/mol. The number of unbranched alkanes of at least 4 members (excludes halogenated alkanes) is 1. The summed E-state index contributed by atoms with van der Waals surface area (Å²) in [7, 11) is 0. The summed E-state index contributed by atoms with van der Waals surface area (Å²) < 4.78 is 13.1. The molecular weight excluding hydrogens is 442 g/mol. The van der Waals surface area contributed by atoms with Crippen molar-refractivity contribution < 1.29 is 19.4 Å². The largest absolute Gasteiger partial charge is 0.443 e. The number of carbonyl (C=O) groups excluding carboxylic acids is 1. The van der Waals surface area contributed by atoms with Gasteiger partial charge in [-0.15, -0.1) is 0 Å². The van der Waals surface area contributed by atoms with Crippen molar-refractivity contribution in [2.75, 3.05) is 51.6 Å². The van der Waals surface area contributed by atoms with Crippen LogP contribution in [0.1, 0.15) is 38.3 Å². The highest BCUT2D eigenvalue weighted by molar-refractivity contribution is 5.81. The molecule has 0 bridgehead atoms. The summed E-state index contributed by atoms with van der Waals surface area (Å²) in [6.07, 6.45) is 5.03. The van der Waals surface area contributed by atoms with Crippen molar-refractivity contribution in [3.8, 4) is 0 Å². The van der Waals surface area contributed by atoms with Gasteiger partial charge in [0, 0.05) is 13.0 Å². The molecule has 3 heterocycles. The van der Waals surface area contributed by atoms with Crippen LogP contribution in [0.4, 0.5) is 10.6 Å². The Balaban J connectivity index is 1.31. The summed E-state index contributed by atoms with van der Waals surface area (Å²) in [4.78, 5) is 24.6. The minimum Gasteiger partial charge on any atom is -0.443 e. The maximum absolute atomic E-state index is 12.2. The molecule has 1 aliphatic heterocycles. The molecule has 1 amide bonds. The number of nitrogens with two attached hydrogens (primary N) is 2. The van der Waals surface area contributed by atoms with Crippen molar-refractivity contribution in [1.82, 2.24) is 35.5 Å². The number of aliphatic hydroxyl groups excluding tert-OH is 1. The monoisotopic (exact) mass is 479 g/mol. The molecule has 0 spiro atoms. The lowest BCUT2D eigenvalue weighted by molar-refractivity contribution is -0.0459. The van der Waals surface area contributed by atoms with E-state index in [1.165, 1.54) is 6.33 Å². The molecule has 8 N–H and O–H groups in total. The Kier molecular flexibility index (Phi) is 10.7. The second-order valence-corrected chi connectivity index (χ2v) is 8.20. The van der Waals surface area contributed by atoms with Crippen LogP contribution in [0.5, 0.6) is 0 Å². The zero-order valence-electron chi connectivity index (χ0n) is 19.5. The fraction of sp³-hybridized carbons (Fsp3) is 0.714. The second kappa shape index (κ2) is 14.0. The number of aromatic nitrogens is 4. The van der Waals surface area contributed by atoms with Crippen LogP contribution in [0.25, 0.3) is 11.2 Å². The number of anilines is 1. The SMILES string of the molecule is NCCCNCCCCNCCCNC(=O)O[C@H]1C[C@H](n2cnc3c(N)ncnc32)O[C@@H]1CO. The molecule has 1 fully saturated rings. The second-order valence-electron chi connectivity index (χ2n) is 8.20. The lowest BCUT2D eigenvalue weighted by atomic mass is 10.2. The molecule has 13 heteroatoms. The predicted octanol–water partition coefficient (Wildman–Crippen LogP) is -0.519. The lowest BCUT2D eigenvalue weighted by Gasteiger charge is -2.17. The molecule has 13 nitrogen and oxygen atoms in total. The minimum absolute atomic E-state index is 0.273. The van der Waals surface area contributed by atoms with Crippen LogP contribution >= 0.6 is 0 Å². The number of hydrogen-bond acceptors (Lipinski definition) is 11. The molecular formula is C21H37N9O4. The number of carbonyl (C=O) groups is 1. The number of nitrogen functional groups attached to an aromatic ring is 1. The average Bonchev–Trinajstić information content (AvgIpc) is 3.44. The zero-order chi connectivity index (χ0) is 24.2. The predicted molar refractivity (Wildman–Crippen MR) is 127 cm³/mol. The number of hydrogen-bond donors (Lipinski definition) is 6. The van der Waals surface area contributed by atoms with Crippen molar-refractivity contribution in [3.63, 3.8) is 0 Å². The third-order valence-corrected chi connectivity index (χ3v) is 5.63. The first-order valence-corrected chi connectivity index (χ1v) is 11.9. The van der Waals surface area contributed by atoms with E-state index in [1.807, 2.05) is 0 Å². The smallest absolute Gasteiger partial charge is 0.407 e. The van der Waals surface area contributed by atoms with E-state index in [2.05, 4.69) is 30.9 Å². The van der Waals surface area contributed by atoms with Crippen LogP contribution in [0, 0.1) is 0 Å². The van der Waals surface area contributed by atoms with Crippen LogP contribution in [-0.2, 0) is 9.47 Å². The molecule has 1 saturated heterocycles. The van der Waals surface area contributed by atoms with Gasteiger partial charge >= 0.3 is 6.09 Å². The molecule has 190 valence electrons. The molecule has 2 aromatic rings. The van der Waals surface area contributed by atoms with Crippen LogP contribution < -0.4 is 27.4 Å². The molecule has 2 aromatic heterocycles. The number of ether oxygens (including phenoxy) is 2. The van der Waals surface area contributed by atoms with Crippen LogP contribution in [0.15, 0.2) is 12.7 Å². The van der Waals surface area contributed by atoms with Crippen LogP contribution in [0.2, 0.25) is 0 Å². The number of aliphatic hydroxyl groups is 1. The summed E-state index contributed by atoms with van der Waals surface area (Å²) in [6.45, 7) is 4.69. The summed E-state index contributed by atoms with van der Waals surface area (Å²) in [5.74, 6) is 0.275. The molecule has 0 unspecified atom stereocenters. The van der Waals surface area contributed by atoms with Gasteiger partial charge in [0.2, 0.25) is 0 Å². The number of imidazole rings is 1. The molecule has 34 heavy (non-hydrogen) atoms. The minimum atomic E-state index is -0.640. The van der Waals surface area contributed by atoms with Gasteiger partial charge in [-0.2, -0.15) is 0 Å². The van der Waals surface area contributed by atoms with E-state index >= 15 is 0 Å². The van der Waals surface area contributed by atoms with Gasteiger partial charge < -0.3 is 42.0 Å². The molecule has 0 aromatic carbocycles. The summed E-state index contributed by atoms with van der Waals surface area (Å²) in [5.41, 5.74) is 12.3. The van der Waals surface area contributed by atoms with Gasteiger partial charge in [0.25, 0.3) is 0 Å². The molecule has 3 atom stereocenters. The molecule has 0 radical (unpaired) electrons. The third-order valence-electron chi connectivity index (χ3n) is 5.63. The normalized spacial score (nSPS) is 20.1. The molecule has 0 saturated carbocycles. The molecule has 1 aliphatic rings. The molecule has 3 rings (SSSR count). The van der Waals surface area contributed by atoms with Gasteiger partial charge in [-0.05, 0) is 58.4 Å². The Morgan fingerprint density at radius 1 is 1.12 bits per heavy atom. The van der Waals surface area contributed by atoms with E-state index in [4.69, 9.17) is 20.9 Å². The van der Waals surface area contributed by atoms with Crippen LogP contribution in [-0.4, -0.2) is 88.8 Å². The fourth-order valence-electron chi connectivity index (χ4n) is 3.80. The highest BCUT2D eigenvalue weighted by Gasteiger charge is 2.39. The van der Waals surface area contributed by atoms with Crippen molar-refractivity contribution >= 4 is 23.1 Å². The summed E-state index contributed by atoms with van der Waals surface area (Å²) >= 11 is 0. The number of amides is 1. The van der Waals surface area contributed by atoms with Crippen LogP contribution in [0.3, 0.4) is 0 Å². The van der Waals surface area contributed by atoms with Gasteiger partial charge in [0.1, 0.15) is 30.3 Å². The topological polar surface area (TPSA) is 187 Å². The Labute approximate surface area is 199 Å². The highest BCUT2D eigenvalue weighted by atomic mass is 16.6. The lowest BCUT2D eigenvalue weighted by Crippen LogP contribution is -2.35. The number of fused-ring (bicyclic) bond motifs is 1. The van der Waals surface area contributed by atoms with Crippen molar-refractivity contribution in [1.29, 1.82) is 0 Å². The van der Waals surface area contributed by atoms with Gasteiger partial charge in [-0.1, -0.05) is 0 Å². The quantitative estimate of drug-likeness (QED) is 0.180. The Morgan fingerprint density at radius 2 is 1.85 bits per heavy atom. The first kappa shape index (κ1) is 26.0. The van der Waals surface area contributed by atoms with E-state index in [0.717, 1.165) is 58.4 Å². The Bertz CT molecular complexity index is 881. The first-order chi connectivity index (χ1) is 16.6. The first-order valence-electron chi connectivity index (χ1n) is 11.9. The van der Waals surface area contributed by atoms with E-state index in [1.54, 1.807) is 10.9 Å². The Hall–Kier alpha value is -2.58. The Morgan fingerprint density at radius 3 is 2.59 bits per heavy atom. The van der Waals surface area contributed by atoms with Crippen molar-refractivity contribution in [2.45, 2.75) is 50.5 Å². The number of nitrogens with zero attached hydrogens (tertiary/aromatic N) is 4. The third kappa shape index (κ3) is 7.46.